The summed E-state index contributed by atoms with van der Waals surface area (Å²) < 4.78 is 0.697. The van der Waals surface area contributed by atoms with Crippen LogP contribution in [0.25, 0.3) is 0 Å². The first-order valence-electron chi connectivity index (χ1n) is 11.6. The van der Waals surface area contributed by atoms with Crippen molar-refractivity contribution in [2.45, 2.75) is 62.1 Å². The molecule has 0 bridgehead atoms. The van der Waals surface area contributed by atoms with Gasteiger partial charge in [-0.2, -0.15) is 0 Å². The standard InChI is InChI=1S/C26H27BrN2O4/c27-16-6-3-5-15(13-16)24(31)22(30)14-26(25(32)33,29-17-11-12-17)23-18-7-1-2-9-20(18)28-21-10-4-8-19(21)23/h1-3,5-7,9,13,17,19,21,23,28-29H,4,8,10-12,14H2,(H,32,33). The van der Waals surface area contributed by atoms with Crippen molar-refractivity contribution in [3.05, 3.63) is 64.1 Å². The molecular formula is C26H27BrN2O4. The summed E-state index contributed by atoms with van der Waals surface area (Å²) in [5.41, 5.74) is 0.578. The SMILES string of the molecule is O=C(CC(NC1CC1)(C(=O)O)C1c2ccccc2NC2CCCC21)C(=O)c1cccc(Br)c1. The number of hydrogen-bond donors (Lipinski definition) is 3. The van der Waals surface area contributed by atoms with Crippen LogP contribution in [-0.2, 0) is 9.59 Å². The molecule has 3 N–H and O–H groups in total. The highest BCUT2D eigenvalue weighted by Gasteiger charge is 2.57. The number of carbonyl (C=O) groups excluding carboxylic acids is 2. The molecule has 1 aliphatic heterocycles. The molecule has 6 nitrogen and oxygen atoms in total. The number of anilines is 1. The zero-order valence-corrected chi connectivity index (χ0v) is 19.8. The van der Waals surface area contributed by atoms with Gasteiger partial charge < -0.3 is 10.4 Å². The van der Waals surface area contributed by atoms with Crippen LogP contribution >= 0.6 is 15.9 Å². The molecule has 3 aliphatic rings. The van der Waals surface area contributed by atoms with Crippen LogP contribution in [0.5, 0.6) is 0 Å². The van der Waals surface area contributed by atoms with Crippen molar-refractivity contribution in [2.24, 2.45) is 5.92 Å². The van der Waals surface area contributed by atoms with Crippen molar-refractivity contribution in [3.63, 3.8) is 0 Å². The number of carbonyl (C=O) groups is 3. The second-order valence-corrected chi connectivity index (χ2v) is 10.5. The maximum Gasteiger partial charge on any atom is 0.325 e. The Morgan fingerprint density at radius 2 is 1.85 bits per heavy atom. The van der Waals surface area contributed by atoms with Gasteiger partial charge in [0, 0.05) is 40.1 Å². The van der Waals surface area contributed by atoms with Crippen LogP contribution < -0.4 is 10.6 Å². The van der Waals surface area contributed by atoms with Crippen molar-refractivity contribution >= 4 is 39.2 Å². The molecule has 0 amide bonds. The summed E-state index contributed by atoms with van der Waals surface area (Å²) in [5, 5.41) is 17.7. The third-order valence-corrected chi connectivity index (χ3v) is 7.86. The zero-order chi connectivity index (χ0) is 23.2. The highest BCUT2D eigenvalue weighted by Crippen LogP contribution is 2.52. The van der Waals surface area contributed by atoms with Gasteiger partial charge in [0.15, 0.2) is 0 Å². The van der Waals surface area contributed by atoms with Crippen LogP contribution in [0.15, 0.2) is 53.0 Å². The van der Waals surface area contributed by atoms with Crippen molar-refractivity contribution in [2.75, 3.05) is 5.32 Å². The molecule has 2 saturated carbocycles. The fourth-order valence-corrected chi connectivity index (χ4v) is 6.16. The van der Waals surface area contributed by atoms with Crippen LogP contribution in [0.4, 0.5) is 5.69 Å². The van der Waals surface area contributed by atoms with Crippen molar-refractivity contribution in [1.82, 2.24) is 5.32 Å². The van der Waals surface area contributed by atoms with E-state index in [0.29, 0.717) is 4.47 Å². The van der Waals surface area contributed by atoms with E-state index in [4.69, 9.17) is 0 Å². The summed E-state index contributed by atoms with van der Waals surface area (Å²) in [7, 11) is 0. The van der Waals surface area contributed by atoms with Gasteiger partial charge in [-0.1, -0.05) is 52.7 Å². The Morgan fingerprint density at radius 1 is 1.06 bits per heavy atom. The minimum absolute atomic E-state index is 0.0526. The summed E-state index contributed by atoms with van der Waals surface area (Å²) in [6.07, 6.45) is 4.27. The normalized spacial score (nSPS) is 25.3. The first-order valence-corrected chi connectivity index (χ1v) is 12.4. The fraction of sp³-hybridized carbons (Fsp3) is 0.423. The molecule has 2 fully saturated rings. The maximum absolute atomic E-state index is 13.3. The number of carboxylic acids is 1. The van der Waals surface area contributed by atoms with Gasteiger partial charge in [-0.05, 0) is 55.4 Å². The van der Waals surface area contributed by atoms with E-state index >= 15 is 0 Å². The average Bonchev–Trinajstić information content (AvgIpc) is 3.49. The molecule has 33 heavy (non-hydrogen) atoms. The number of Topliss-reactive ketones (excluding diaryl/α,β-unsaturated/α-hetero) is 2. The lowest BCUT2D eigenvalue weighted by Gasteiger charge is -2.46. The third kappa shape index (κ3) is 4.13. The first kappa shape index (κ1) is 22.3. The highest BCUT2D eigenvalue weighted by atomic mass is 79.9. The average molecular weight is 511 g/mol. The Balaban J connectivity index is 1.57. The maximum atomic E-state index is 13.3. The van der Waals surface area contributed by atoms with Crippen LogP contribution in [0.2, 0.25) is 0 Å². The number of nitrogens with one attached hydrogen (secondary N) is 2. The molecule has 4 unspecified atom stereocenters. The van der Waals surface area contributed by atoms with Gasteiger partial charge in [0.25, 0.3) is 0 Å². The molecule has 5 rings (SSSR count). The van der Waals surface area contributed by atoms with Crippen molar-refractivity contribution < 1.29 is 19.5 Å². The van der Waals surface area contributed by atoms with Crippen LogP contribution in [0, 0.1) is 5.92 Å². The number of hydrogen-bond acceptors (Lipinski definition) is 5. The van der Waals surface area contributed by atoms with Gasteiger partial charge >= 0.3 is 5.97 Å². The van der Waals surface area contributed by atoms with Gasteiger partial charge in [-0.3, -0.25) is 19.7 Å². The molecule has 172 valence electrons. The number of para-hydroxylation sites is 1. The Labute approximate surface area is 201 Å². The van der Waals surface area contributed by atoms with E-state index in [1.165, 1.54) is 0 Å². The van der Waals surface area contributed by atoms with Crippen LogP contribution in [0.3, 0.4) is 0 Å². The smallest absolute Gasteiger partial charge is 0.325 e. The number of halogens is 1. The lowest BCUT2D eigenvalue weighted by Crippen LogP contribution is -2.62. The molecule has 4 atom stereocenters. The molecule has 0 saturated heterocycles. The summed E-state index contributed by atoms with van der Waals surface area (Å²) in [6, 6.07) is 14.7. The number of carboxylic acid groups (broad SMARTS) is 1. The molecule has 0 aromatic heterocycles. The minimum atomic E-state index is -1.54. The van der Waals surface area contributed by atoms with Crippen molar-refractivity contribution in [1.29, 1.82) is 0 Å². The topological polar surface area (TPSA) is 95.5 Å². The first-order chi connectivity index (χ1) is 15.9. The number of ketones is 2. The van der Waals surface area contributed by atoms with Gasteiger partial charge in [0.05, 0.1) is 0 Å². The Hall–Kier alpha value is -2.51. The monoisotopic (exact) mass is 510 g/mol. The zero-order valence-electron chi connectivity index (χ0n) is 18.2. The van der Waals surface area contributed by atoms with E-state index < -0.39 is 29.0 Å². The van der Waals surface area contributed by atoms with E-state index in [-0.39, 0.29) is 30.0 Å². The van der Waals surface area contributed by atoms with Gasteiger partial charge in [-0.15, -0.1) is 0 Å². The predicted octanol–water partition coefficient (Wildman–Crippen LogP) is 4.54. The van der Waals surface area contributed by atoms with Gasteiger partial charge in [-0.25, -0.2) is 0 Å². The number of benzene rings is 2. The quantitative estimate of drug-likeness (QED) is 0.356. The van der Waals surface area contributed by atoms with Crippen molar-refractivity contribution in [3.8, 4) is 0 Å². The Bertz CT molecular complexity index is 1110. The highest BCUT2D eigenvalue weighted by molar-refractivity contribution is 9.10. The largest absolute Gasteiger partial charge is 0.480 e. The van der Waals surface area contributed by atoms with Gasteiger partial charge in [0.1, 0.15) is 5.54 Å². The molecule has 2 aromatic rings. The van der Waals surface area contributed by atoms with E-state index in [1.807, 2.05) is 24.3 Å². The van der Waals surface area contributed by atoms with E-state index in [0.717, 1.165) is 43.4 Å². The molecule has 0 radical (unpaired) electrons. The summed E-state index contributed by atoms with van der Waals surface area (Å²) in [5.74, 6) is -2.70. The minimum Gasteiger partial charge on any atom is -0.480 e. The van der Waals surface area contributed by atoms with E-state index in [2.05, 4.69) is 26.6 Å². The number of rotatable bonds is 8. The molecular weight excluding hydrogens is 484 g/mol. The molecule has 2 aromatic carbocycles. The van der Waals surface area contributed by atoms with Gasteiger partial charge in [0.2, 0.25) is 11.6 Å². The summed E-state index contributed by atoms with van der Waals surface area (Å²) in [6.45, 7) is 0. The van der Waals surface area contributed by atoms with E-state index in [1.54, 1.807) is 24.3 Å². The lowest BCUT2D eigenvalue weighted by atomic mass is 9.65. The summed E-state index contributed by atoms with van der Waals surface area (Å²) >= 11 is 3.34. The second kappa shape index (κ2) is 8.69. The van der Waals surface area contributed by atoms with E-state index in [9.17, 15) is 19.5 Å². The number of aliphatic carboxylic acids is 1. The second-order valence-electron chi connectivity index (χ2n) is 9.55. The third-order valence-electron chi connectivity index (χ3n) is 7.37. The Morgan fingerprint density at radius 3 is 2.58 bits per heavy atom. The Kier molecular flexibility index (Phi) is 5.87. The molecule has 1 heterocycles. The predicted molar refractivity (Wildman–Crippen MR) is 129 cm³/mol. The molecule has 7 heteroatoms. The molecule has 2 aliphatic carbocycles. The lowest BCUT2D eigenvalue weighted by molar-refractivity contribution is -0.149. The van der Waals surface area contributed by atoms with Crippen LogP contribution in [-0.4, -0.2) is 40.3 Å². The van der Waals surface area contributed by atoms with Crippen LogP contribution in [0.1, 0.15) is 60.4 Å². The fourth-order valence-electron chi connectivity index (χ4n) is 5.77. The number of fused-ring (bicyclic) bond motifs is 2. The molecule has 0 spiro atoms. The summed E-state index contributed by atoms with van der Waals surface area (Å²) in [4.78, 5) is 39.5.